The van der Waals surface area contributed by atoms with Crippen LogP contribution in [-0.2, 0) is 0 Å². The van der Waals surface area contributed by atoms with Gasteiger partial charge in [-0.3, -0.25) is 4.79 Å². The molecular weight excluding hydrogens is 422 g/mol. The molecule has 1 aliphatic rings. The molecule has 8 nitrogen and oxygen atoms in total. The summed E-state index contributed by atoms with van der Waals surface area (Å²) in [6.45, 7) is 6.49. The summed E-state index contributed by atoms with van der Waals surface area (Å²) in [7, 11) is 0. The molecule has 162 valence electrons. The maximum absolute atomic E-state index is 13.2. The highest BCUT2D eigenvalue weighted by molar-refractivity contribution is 7.17. The molecule has 1 saturated heterocycles. The number of thiazole rings is 1. The van der Waals surface area contributed by atoms with Crippen LogP contribution in [0.3, 0.4) is 0 Å². The van der Waals surface area contributed by atoms with Crippen molar-refractivity contribution >= 4 is 23.1 Å². The Balaban J connectivity index is 1.29. The molecule has 9 heteroatoms. The Labute approximate surface area is 190 Å². The molecule has 0 bridgehead atoms. The zero-order valence-electron chi connectivity index (χ0n) is 18.0. The molecule has 1 aromatic carbocycles. The monoisotopic (exact) mass is 445 g/mol. The summed E-state index contributed by atoms with van der Waals surface area (Å²) >= 11 is 1.47. The van der Waals surface area contributed by atoms with Crippen molar-refractivity contribution < 1.29 is 4.79 Å². The van der Waals surface area contributed by atoms with E-state index in [0.29, 0.717) is 32.0 Å². The highest BCUT2D eigenvalue weighted by Crippen LogP contribution is 2.29. The minimum Gasteiger partial charge on any atom is -0.353 e. The molecule has 3 aromatic heterocycles. The van der Waals surface area contributed by atoms with Gasteiger partial charge in [-0.2, -0.15) is 5.10 Å². The van der Waals surface area contributed by atoms with Gasteiger partial charge in [-0.1, -0.05) is 30.3 Å². The van der Waals surface area contributed by atoms with Crippen LogP contribution >= 0.6 is 11.3 Å². The SMILES string of the molecule is Cc1nc(N2CCN(C(=O)c3sc(-c4ccccc4)nc3C)CC2)cc(-n2cccn2)n1. The molecule has 0 N–H and O–H groups in total. The molecule has 4 heterocycles. The van der Waals surface area contributed by atoms with Gasteiger partial charge in [-0.05, 0) is 19.9 Å². The van der Waals surface area contributed by atoms with Crippen LogP contribution in [0.5, 0.6) is 0 Å². The maximum Gasteiger partial charge on any atom is 0.265 e. The highest BCUT2D eigenvalue weighted by atomic mass is 32.1. The van der Waals surface area contributed by atoms with Gasteiger partial charge in [-0.25, -0.2) is 19.6 Å². The lowest BCUT2D eigenvalue weighted by molar-refractivity contribution is 0.0750. The summed E-state index contributed by atoms with van der Waals surface area (Å²) in [6, 6.07) is 13.8. The van der Waals surface area contributed by atoms with Gasteiger partial charge < -0.3 is 9.80 Å². The smallest absolute Gasteiger partial charge is 0.265 e. The average molecular weight is 446 g/mol. The van der Waals surface area contributed by atoms with E-state index >= 15 is 0 Å². The number of amides is 1. The van der Waals surface area contributed by atoms with E-state index in [9.17, 15) is 4.79 Å². The van der Waals surface area contributed by atoms with Gasteiger partial charge in [0.05, 0.1) is 5.69 Å². The van der Waals surface area contributed by atoms with Crippen LogP contribution in [0.4, 0.5) is 5.82 Å². The fraction of sp³-hybridized carbons (Fsp3) is 0.261. The number of aromatic nitrogens is 5. The van der Waals surface area contributed by atoms with E-state index in [0.717, 1.165) is 32.8 Å². The summed E-state index contributed by atoms with van der Waals surface area (Å²) in [6.07, 6.45) is 3.59. The number of carbonyl (C=O) groups is 1. The summed E-state index contributed by atoms with van der Waals surface area (Å²) in [5, 5.41) is 5.15. The number of aryl methyl sites for hydroxylation is 2. The first-order valence-corrected chi connectivity index (χ1v) is 11.3. The number of hydrogen-bond donors (Lipinski definition) is 0. The fourth-order valence-corrected chi connectivity index (χ4v) is 4.84. The minimum absolute atomic E-state index is 0.0536. The van der Waals surface area contributed by atoms with Crippen LogP contribution in [0.1, 0.15) is 21.2 Å². The van der Waals surface area contributed by atoms with E-state index in [1.807, 2.05) is 67.4 Å². The summed E-state index contributed by atoms with van der Waals surface area (Å²) < 4.78 is 1.73. The predicted molar refractivity (Wildman–Crippen MR) is 124 cm³/mol. The second kappa shape index (κ2) is 8.51. The van der Waals surface area contributed by atoms with E-state index in [2.05, 4.69) is 25.0 Å². The number of rotatable bonds is 4. The summed E-state index contributed by atoms with van der Waals surface area (Å²) in [4.78, 5) is 31.8. The lowest BCUT2D eigenvalue weighted by Crippen LogP contribution is -2.49. The van der Waals surface area contributed by atoms with Gasteiger partial charge in [0, 0.05) is 50.2 Å². The van der Waals surface area contributed by atoms with Gasteiger partial charge in [0.1, 0.15) is 21.5 Å². The van der Waals surface area contributed by atoms with E-state index in [4.69, 9.17) is 0 Å². The lowest BCUT2D eigenvalue weighted by atomic mass is 10.2. The van der Waals surface area contributed by atoms with Crippen molar-refractivity contribution in [2.45, 2.75) is 13.8 Å². The number of nitrogens with zero attached hydrogens (tertiary/aromatic N) is 7. The summed E-state index contributed by atoms with van der Waals surface area (Å²) in [5.74, 6) is 2.35. The van der Waals surface area contributed by atoms with Crippen molar-refractivity contribution in [3.63, 3.8) is 0 Å². The largest absolute Gasteiger partial charge is 0.353 e. The Bertz CT molecular complexity index is 1230. The number of hydrogen-bond acceptors (Lipinski definition) is 7. The zero-order valence-corrected chi connectivity index (χ0v) is 18.8. The molecule has 0 radical (unpaired) electrons. The molecule has 5 rings (SSSR count). The molecule has 1 fully saturated rings. The molecule has 0 atom stereocenters. The van der Waals surface area contributed by atoms with Crippen LogP contribution < -0.4 is 4.90 Å². The van der Waals surface area contributed by atoms with Crippen LogP contribution in [-0.4, -0.2) is 61.7 Å². The number of anilines is 1. The fourth-order valence-electron chi connectivity index (χ4n) is 3.80. The first-order chi connectivity index (χ1) is 15.6. The van der Waals surface area contributed by atoms with Gasteiger partial charge in [-0.15, -0.1) is 11.3 Å². The number of carbonyl (C=O) groups excluding carboxylic acids is 1. The van der Waals surface area contributed by atoms with Crippen LogP contribution in [0.25, 0.3) is 16.4 Å². The first-order valence-electron chi connectivity index (χ1n) is 10.5. The molecule has 0 aliphatic carbocycles. The second-order valence-corrected chi connectivity index (χ2v) is 8.66. The number of piperazine rings is 1. The third-order valence-corrected chi connectivity index (χ3v) is 6.65. The molecule has 0 saturated carbocycles. The average Bonchev–Trinajstić information content (AvgIpc) is 3.49. The zero-order chi connectivity index (χ0) is 22.1. The molecular formula is C23H23N7OS. The van der Waals surface area contributed by atoms with Crippen molar-refractivity contribution in [2.24, 2.45) is 0 Å². The van der Waals surface area contributed by atoms with E-state index in [-0.39, 0.29) is 5.91 Å². The van der Waals surface area contributed by atoms with Crippen molar-refractivity contribution in [3.8, 4) is 16.4 Å². The van der Waals surface area contributed by atoms with E-state index in [1.165, 1.54) is 11.3 Å². The maximum atomic E-state index is 13.2. The van der Waals surface area contributed by atoms with E-state index < -0.39 is 0 Å². The first kappa shape index (κ1) is 20.3. The Kier molecular flexibility index (Phi) is 5.40. The normalized spacial score (nSPS) is 14.1. The third kappa shape index (κ3) is 3.99. The molecule has 1 amide bonds. The quantitative estimate of drug-likeness (QED) is 0.479. The van der Waals surface area contributed by atoms with Gasteiger partial charge >= 0.3 is 0 Å². The van der Waals surface area contributed by atoms with E-state index in [1.54, 1.807) is 10.9 Å². The third-order valence-electron chi connectivity index (χ3n) is 5.45. The Hall–Kier alpha value is -3.59. The van der Waals surface area contributed by atoms with Crippen molar-refractivity contribution in [2.75, 3.05) is 31.1 Å². The second-order valence-electron chi connectivity index (χ2n) is 7.66. The minimum atomic E-state index is 0.0536. The highest BCUT2D eigenvalue weighted by Gasteiger charge is 2.26. The van der Waals surface area contributed by atoms with Crippen LogP contribution in [0, 0.1) is 13.8 Å². The molecule has 1 aliphatic heterocycles. The Morgan fingerprint density at radius 2 is 1.69 bits per heavy atom. The molecule has 0 spiro atoms. The summed E-state index contributed by atoms with van der Waals surface area (Å²) in [5.41, 5.74) is 1.83. The predicted octanol–water partition coefficient (Wildman–Crippen LogP) is 3.37. The molecule has 32 heavy (non-hydrogen) atoms. The van der Waals surface area contributed by atoms with Crippen molar-refractivity contribution in [3.05, 3.63) is 71.3 Å². The van der Waals surface area contributed by atoms with Crippen molar-refractivity contribution in [1.29, 1.82) is 0 Å². The standard InChI is InChI=1S/C23H23N7OS/c1-16-21(32-22(25-16)18-7-4-3-5-8-18)23(31)29-13-11-28(12-14-29)19-15-20(27-17(2)26-19)30-10-6-9-24-30/h3-10,15H,11-14H2,1-2H3. The van der Waals surface area contributed by atoms with Crippen molar-refractivity contribution in [1.82, 2.24) is 29.6 Å². The van der Waals surface area contributed by atoms with Crippen LogP contribution in [0.15, 0.2) is 54.9 Å². The topological polar surface area (TPSA) is 80.0 Å². The van der Waals surface area contributed by atoms with Gasteiger partial charge in [0.25, 0.3) is 5.91 Å². The lowest BCUT2D eigenvalue weighted by Gasteiger charge is -2.35. The molecule has 0 unspecified atom stereocenters. The van der Waals surface area contributed by atoms with Gasteiger partial charge in [0.15, 0.2) is 5.82 Å². The number of benzene rings is 1. The Morgan fingerprint density at radius 3 is 2.41 bits per heavy atom. The van der Waals surface area contributed by atoms with Gasteiger partial charge in [0.2, 0.25) is 0 Å². The van der Waals surface area contributed by atoms with Crippen LogP contribution in [0.2, 0.25) is 0 Å². The Morgan fingerprint density at radius 1 is 0.938 bits per heavy atom. The molecule has 4 aromatic rings.